The van der Waals surface area contributed by atoms with Gasteiger partial charge in [0.15, 0.2) is 0 Å². The van der Waals surface area contributed by atoms with E-state index >= 15 is 0 Å². The summed E-state index contributed by atoms with van der Waals surface area (Å²) in [6.07, 6.45) is 5.47. The molecule has 0 radical (unpaired) electrons. The number of hydrogen-bond acceptors (Lipinski definition) is 3. The molecule has 4 aliphatic carbocycles. The summed E-state index contributed by atoms with van der Waals surface area (Å²) in [6.45, 7) is 1.92. The van der Waals surface area contributed by atoms with E-state index < -0.39 is 5.60 Å². The fraction of sp³-hybridized carbons (Fsp3) is 0.647. The van der Waals surface area contributed by atoms with Crippen molar-refractivity contribution in [3.63, 3.8) is 0 Å². The predicted molar refractivity (Wildman–Crippen MR) is 79.7 cm³/mol. The highest BCUT2D eigenvalue weighted by Gasteiger charge is 2.60. The van der Waals surface area contributed by atoms with Crippen molar-refractivity contribution in [1.29, 1.82) is 0 Å². The number of pyridine rings is 1. The van der Waals surface area contributed by atoms with Crippen LogP contribution < -0.4 is 5.32 Å². The molecule has 5 rings (SSSR count). The van der Waals surface area contributed by atoms with Crippen molar-refractivity contribution in [2.45, 2.75) is 51.0 Å². The maximum absolute atomic E-state index is 12.9. The summed E-state index contributed by atoms with van der Waals surface area (Å²) in [5.41, 5.74) is -0.0666. The molecule has 1 aromatic heterocycles. The molecule has 4 saturated carbocycles. The van der Waals surface area contributed by atoms with Crippen LogP contribution in [0.1, 0.15) is 44.2 Å². The fourth-order valence-electron chi connectivity index (χ4n) is 5.34. The molecule has 112 valence electrons. The molecular formula is C17H22N2O2. The summed E-state index contributed by atoms with van der Waals surface area (Å²) in [5, 5.41) is 13.7. The summed E-state index contributed by atoms with van der Waals surface area (Å²) in [4.78, 5) is 17.2. The smallest absolute Gasteiger partial charge is 0.231 e. The van der Waals surface area contributed by atoms with Crippen LogP contribution in [0.4, 0.5) is 5.82 Å². The number of hydrogen-bond donors (Lipinski definition) is 2. The fourth-order valence-corrected chi connectivity index (χ4v) is 5.34. The zero-order chi connectivity index (χ0) is 14.7. The minimum atomic E-state index is -0.596. The second kappa shape index (κ2) is 4.29. The molecule has 4 bridgehead atoms. The third-order valence-corrected chi connectivity index (χ3v) is 5.64. The Kier molecular flexibility index (Phi) is 2.71. The lowest BCUT2D eigenvalue weighted by Gasteiger charge is -2.59. The summed E-state index contributed by atoms with van der Waals surface area (Å²) in [5.74, 6) is 1.73. The SMILES string of the molecule is Cc1cccc(NC(=O)C23CC4CC(CC(O)(C4)C2)C3)n1. The normalized spacial score (nSPS) is 40.3. The van der Waals surface area contributed by atoms with Crippen LogP contribution in [0.3, 0.4) is 0 Å². The summed E-state index contributed by atoms with van der Waals surface area (Å²) in [6, 6.07) is 5.66. The van der Waals surface area contributed by atoms with E-state index in [4.69, 9.17) is 0 Å². The molecule has 4 heteroatoms. The number of amides is 1. The molecule has 0 aromatic carbocycles. The molecule has 2 atom stereocenters. The Bertz CT molecular complexity index is 584. The van der Waals surface area contributed by atoms with Crippen LogP contribution in [0.25, 0.3) is 0 Å². The molecule has 1 aromatic rings. The lowest BCUT2D eigenvalue weighted by atomic mass is 9.47. The number of nitrogens with zero attached hydrogens (tertiary/aromatic N) is 1. The van der Waals surface area contributed by atoms with E-state index in [0.717, 1.165) is 31.4 Å². The first kappa shape index (κ1) is 13.3. The van der Waals surface area contributed by atoms with Gasteiger partial charge in [-0.15, -0.1) is 0 Å². The minimum Gasteiger partial charge on any atom is -0.390 e. The number of carbonyl (C=O) groups excluding carboxylic acids is 1. The van der Waals surface area contributed by atoms with Crippen LogP contribution in [0.15, 0.2) is 18.2 Å². The molecule has 1 amide bonds. The number of aryl methyl sites for hydroxylation is 1. The first-order valence-corrected chi connectivity index (χ1v) is 7.94. The van der Waals surface area contributed by atoms with Crippen LogP contribution in [-0.2, 0) is 4.79 Å². The molecule has 0 saturated heterocycles. The Morgan fingerprint density at radius 3 is 2.62 bits per heavy atom. The van der Waals surface area contributed by atoms with Crippen LogP contribution in [0.5, 0.6) is 0 Å². The monoisotopic (exact) mass is 286 g/mol. The maximum atomic E-state index is 12.9. The van der Waals surface area contributed by atoms with E-state index in [2.05, 4.69) is 10.3 Å². The van der Waals surface area contributed by atoms with Crippen molar-refractivity contribution < 1.29 is 9.90 Å². The van der Waals surface area contributed by atoms with Crippen molar-refractivity contribution in [2.75, 3.05) is 5.32 Å². The molecule has 4 fully saturated rings. The van der Waals surface area contributed by atoms with E-state index in [0.29, 0.717) is 24.1 Å². The molecular weight excluding hydrogens is 264 g/mol. The number of anilines is 1. The van der Waals surface area contributed by atoms with Crippen molar-refractivity contribution in [2.24, 2.45) is 17.3 Å². The summed E-state index contributed by atoms with van der Waals surface area (Å²) in [7, 11) is 0. The van der Waals surface area contributed by atoms with E-state index in [-0.39, 0.29) is 11.3 Å². The standard InChI is InChI=1S/C17H22N2O2/c1-11-3-2-4-14(18-11)19-15(20)16-6-12-5-13(7-16)9-17(21,8-12)10-16/h2-4,12-13,21H,5-10H2,1H3,(H,18,19,20). The number of nitrogens with one attached hydrogen (secondary N) is 1. The number of carbonyl (C=O) groups is 1. The van der Waals surface area contributed by atoms with Crippen LogP contribution in [0.2, 0.25) is 0 Å². The molecule has 2 N–H and O–H groups in total. The minimum absolute atomic E-state index is 0.0631. The second-order valence-corrected chi connectivity index (χ2v) is 7.58. The Labute approximate surface area is 125 Å². The molecule has 21 heavy (non-hydrogen) atoms. The van der Waals surface area contributed by atoms with Gasteiger partial charge in [0.2, 0.25) is 5.91 Å². The van der Waals surface area contributed by atoms with Crippen LogP contribution in [-0.4, -0.2) is 21.6 Å². The van der Waals surface area contributed by atoms with Crippen LogP contribution in [0, 0.1) is 24.2 Å². The molecule has 4 aliphatic rings. The summed E-state index contributed by atoms with van der Waals surface area (Å²) < 4.78 is 0. The van der Waals surface area contributed by atoms with Crippen molar-refractivity contribution in [3.05, 3.63) is 23.9 Å². The van der Waals surface area contributed by atoms with Crippen molar-refractivity contribution >= 4 is 11.7 Å². The van der Waals surface area contributed by atoms with Gasteiger partial charge in [0, 0.05) is 5.69 Å². The predicted octanol–water partition coefficient (Wildman–Crippen LogP) is 2.66. The van der Waals surface area contributed by atoms with Crippen molar-refractivity contribution in [3.8, 4) is 0 Å². The topological polar surface area (TPSA) is 62.2 Å². The third-order valence-electron chi connectivity index (χ3n) is 5.64. The molecule has 2 unspecified atom stereocenters. The van der Waals surface area contributed by atoms with Gasteiger partial charge in [-0.25, -0.2) is 4.98 Å². The third kappa shape index (κ3) is 2.16. The van der Waals surface area contributed by atoms with Gasteiger partial charge in [0.05, 0.1) is 11.0 Å². The highest BCUT2D eigenvalue weighted by Crippen LogP contribution is 2.61. The summed E-state index contributed by atoms with van der Waals surface area (Å²) >= 11 is 0. The lowest BCUT2D eigenvalue weighted by molar-refractivity contribution is -0.174. The maximum Gasteiger partial charge on any atom is 0.231 e. The van der Waals surface area contributed by atoms with Gasteiger partial charge in [0.25, 0.3) is 0 Å². The quantitative estimate of drug-likeness (QED) is 0.878. The van der Waals surface area contributed by atoms with Crippen LogP contribution >= 0.6 is 0 Å². The average molecular weight is 286 g/mol. The van der Waals surface area contributed by atoms with Gasteiger partial charge >= 0.3 is 0 Å². The lowest BCUT2D eigenvalue weighted by Crippen LogP contribution is -2.59. The Balaban J connectivity index is 1.59. The Morgan fingerprint density at radius 2 is 2.00 bits per heavy atom. The van der Waals surface area contributed by atoms with E-state index in [1.165, 1.54) is 6.42 Å². The highest BCUT2D eigenvalue weighted by atomic mass is 16.3. The molecule has 0 aliphatic heterocycles. The van der Waals surface area contributed by atoms with E-state index in [1.807, 2.05) is 25.1 Å². The second-order valence-electron chi connectivity index (χ2n) is 7.58. The van der Waals surface area contributed by atoms with Gasteiger partial charge < -0.3 is 10.4 Å². The van der Waals surface area contributed by atoms with Crippen molar-refractivity contribution in [1.82, 2.24) is 4.98 Å². The van der Waals surface area contributed by atoms with Gasteiger partial charge in [-0.3, -0.25) is 4.79 Å². The average Bonchev–Trinajstić information content (AvgIpc) is 2.35. The molecule has 1 heterocycles. The van der Waals surface area contributed by atoms with Gasteiger partial charge in [-0.1, -0.05) is 6.07 Å². The van der Waals surface area contributed by atoms with Gasteiger partial charge in [0.1, 0.15) is 5.82 Å². The van der Waals surface area contributed by atoms with Gasteiger partial charge in [-0.05, 0) is 69.4 Å². The van der Waals surface area contributed by atoms with E-state index in [1.54, 1.807) is 0 Å². The highest BCUT2D eigenvalue weighted by molar-refractivity contribution is 5.95. The zero-order valence-corrected chi connectivity index (χ0v) is 12.4. The molecule has 0 spiro atoms. The van der Waals surface area contributed by atoms with E-state index in [9.17, 15) is 9.90 Å². The number of aliphatic hydroxyl groups is 1. The molecule has 4 nitrogen and oxygen atoms in total. The number of rotatable bonds is 2. The Hall–Kier alpha value is -1.42. The first-order valence-electron chi connectivity index (χ1n) is 7.94. The van der Waals surface area contributed by atoms with Gasteiger partial charge in [-0.2, -0.15) is 0 Å². The Morgan fingerprint density at radius 1 is 1.29 bits per heavy atom. The zero-order valence-electron chi connectivity index (χ0n) is 12.4. The number of aromatic nitrogens is 1. The largest absolute Gasteiger partial charge is 0.390 e. The first-order chi connectivity index (χ1) is 9.96.